The average molecular weight is 190 g/mol. The fourth-order valence-corrected chi connectivity index (χ4v) is 2.13. The number of nitrogens with two attached hydrogens (primary N) is 1. The van der Waals surface area contributed by atoms with Crippen LogP contribution in [0.3, 0.4) is 0 Å². The lowest BCUT2D eigenvalue weighted by atomic mass is 10.1. The number of nitrogens with one attached hydrogen (secondary N) is 1. The Balaban J connectivity index is 2.09. The Kier molecular flexibility index (Phi) is 3.04. The lowest BCUT2D eigenvalue weighted by Gasteiger charge is -2.05. The second-order valence-electron chi connectivity index (χ2n) is 3.90. The molecule has 0 spiro atoms. The van der Waals surface area contributed by atoms with Crippen molar-refractivity contribution in [1.82, 2.24) is 5.32 Å². The van der Waals surface area contributed by atoms with Crippen molar-refractivity contribution in [2.75, 3.05) is 13.1 Å². The van der Waals surface area contributed by atoms with Gasteiger partial charge >= 0.3 is 0 Å². The van der Waals surface area contributed by atoms with Crippen molar-refractivity contribution in [2.45, 2.75) is 25.7 Å². The molecule has 0 atom stereocenters. The van der Waals surface area contributed by atoms with Crippen molar-refractivity contribution in [3.63, 3.8) is 0 Å². The van der Waals surface area contributed by atoms with Gasteiger partial charge in [-0.05, 0) is 43.4 Å². The zero-order valence-electron chi connectivity index (χ0n) is 8.55. The van der Waals surface area contributed by atoms with Crippen LogP contribution in [0.5, 0.6) is 0 Å². The lowest BCUT2D eigenvalue weighted by Crippen LogP contribution is -2.21. The van der Waals surface area contributed by atoms with E-state index in [9.17, 15) is 0 Å². The fraction of sp³-hybridized carbons (Fsp3) is 0.500. The van der Waals surface area contributed by atoms with Crippen molar-refractivity contribution in [3.05, 3.63) is 35.1 Å². The molecule has 2 heteroatoms. The second-order valence-corrected chi connectivity index (χ2v) is 3.90. The predicted octanol–water partition coefficient (Wildman–Crippen LogP) is 1.86. The Hall–Kier alpha value is -1.02. The third-order valence-corrected chi connectivity index (χ3v) is 2.84. The fourth-order valence-electron chi connectivity index (χ4n) is 2.13. The summed E-state index contributed by atoms with van der Waals surface area (Å²) in [5, 5.41) is 3.34. The van der Waals surface area contributed by atoms with Crippen LogP contribution >= 0.6 is 0 Å². The highest BCUT2D eigenvalue weighted by molar-refractivity contribution is 5.39. The Morgan fingerprint density at radius 3 is 3.14 bits per heavy atom. The average Bonchev–Trinajstić information content (AvgIpc) is 2.54. The van der Waals surface area contributed by atoms with Gasteiger partial charge in [-0.1, -0.05) is 11.6 Å². The summed E-state index contributed by atoms with van der Waals surface area (Å²) in [7, 11) is 0. The van der Waals surface area contributed by atoms with E-state index in [0.717, 1.165) is 13.0 Å². The molecule has 2 aliphatic carbocycles. The first kappa shape index (κ1) is 9.53. The van der Waals surface area contributed by atoms with Crippen molar-refractivity contribution in [2.24, 2.45) is 5.73 Å². The Morgan fingerprint density at radius 2 is 2.29 bits per heavy atom. The maximum Gasteiger partial charge on any atom is 0.0340 e. The standard InChI is InChI=1S/C12H18N2/c13-7-8-14-12-6-2-4-10-3-1-5-11(10)9-12/h2,6,9,14H,1,3-5,7-8,13H2. The van der Waals surface area contributed by atoms with Crippen LogP contribution in [0.15, 0.2) is 35.1 Å². The van der Waals surface area contributed by atoms with Gasteiger partial charge in [0.1, 0.15) is 0 Å². The maximum absolute atomic E-state index is 5.47. The molecule has 0 bridgehead atoms. The molecule has 0 heterocycles. The molecule has 0 aliphatic heterocycles. The Morgan fingerprint density at radius 1 is 1.36 bits per heavy atom. The van der Waals surface area contributed by atoms with Gasteiger partial charge in [-0.3, -0.25) is 0 Å². The van der Waals surface area contributed by atoms with Gasteiger partial charge in [-0.15, -0.1) is 0 Å². The summed E-state index contributed by atoms with van der Waals surface area (Å²) in [6.07, 6.45) is 11.7. The molecule has 14 heavy (non-hydrogen) atoms. The van der Waals surface area contributed by atoms with E-state index in [4.69, 9.17) is 5.73 Å². The molecule has 0 saturated carbocycles. The minimum absolute atomic E-state index is 0.692. The minimum Gasteiger partial charge on any atom is -0.384 e. The second kappa shape index (κ2) is 4.47. The topological polar surface area (TPSA) is 38.0 Å². The van der Waals surface area contributed by atoms with E-state index in [2.05, 4.69) is 23.5 Å². The molecule has 2 aliphatic rings. The van der Waals surface area contributed by atoms with Crippen molar-refractivity contribution in [1.29, 1.82) is 0 Å². The highest BCUT2D eigenvalue weighted by Gasteiger charge is 2.13. The molecule has 0 unspecified atom stereocenters. The van der Waals surface area contributed by atoms with Crippen molar-refractivity contribution in [3.8, 4) is 0 Å². The van der Waals surface area contributed by atoms with Gasteiger partial charge in [0.05, 0.1) is 0 Å². The van der Waals surface area contributed by atoms with Crippen LogP contribution in [-0.4, -0.2) is 13.1 Å². The summed E-state index contributed by atoms with van der Waals surface area (Å²) >= 11 is 0. The molecule has 0 aromatic rings. The normalized spacial score (nSPS) is 20.5. The molecule has 3 N–H and O–H groups in total. The van der Waals surface area contributed by atoms with E-state index in [0.29, 0.717) is 6.54 Å². The van der Waals surface area contributed by atoms with Crippen LogP contribution in [0.25, 0.3) is 0 Å². The first-order valence-electron chi connectivity index (χ1n) is 5.43. The van der Waals surface area contributed by atoms with Crippen LogP contribution in [0.4, 0.5) is 0 Å². The zero-order valence-corrected chi connectivity index (χ0v) is 8.55. The Labute approximate surface area is 85.6 Å². The van der Waals surface area contributed by atoms with E-state index in [1.807, 2.05) is 0 Å². The third-order valence-electron chi connectivity index (χ3n) is 2.84. The quantitative estimate of drug-likeness (QED) is 0.713. The monoisotopic (exact) mass is 190 g/mol. The van der Waals surface area contributed by atoms with E-state index < -0.39 is 0 Å². The molecule has 2 nitrogen and oxygen atoms in total. The largest absolute Gasteiger partial charge is 0.384 e. The first-order chi connectivity index (χ1) is 6.90. The molecule has 0 saturated heterocycles. The number of rotatable bonds is 3. The van der Waals surface area contributed by atoms with Gasteiger partial charge in [-0.25, -0.2) is 0 Å². The van der Waals surface area contributed by atoms with Crippen LogP contribution in [0.1, 0.15) is 25.7 Å². The van der Waals surface area contributed by atoms with E-state index in [1.54, 1.807) is 11.1 Å². The highest BCUT2D eigenvalue weighted by Crippen LogP contribution is 2.31. The highest BCUT2D eigenvalue weighted by atomic mass is 14.9. The van der Waals surface area contributed by atoms with Gasteiger partial charge in [0.15, 0.2) is 0 Å². The molecule has 0 amide bonds. The Bertz CT molecular complexity index is 297. The third kappa shape index (κ3) is 2.07. The number of hydrogen-bond acceptors (Lipinski definition) is 2. The first-order valence-corrected chi connectivity index (χ1v) is 5.43. The molecular weight excluding hydrogens is 172 g/mol. The summed E-state index contributed by atoms with van der Waals surface area (Å²) in [4.78, 5) is 0. The SMILES string of the molecule is NCCNC1=CC2=C(CC=C1)CCC2. The number of hydrogen-bond donors (Lipinski definition) is 2. The molecule has 0 radical (unpaired) electrons. The van der Waals surface area contributed by atoms with E-state index >= 15 is 0 Å². The lowest BCUT2D eigenvalue weighted by molar-refractivity contribution is 0.811. The van der Waals surface area contributed by atoms with Gasteiger partial charge in [0, 0.05) is 18.8 Å². The van der Waals surface area contributed by atoms with E-state index in [-0.39, 0.29) is 0 Å². The van der Waals surface area contributed by atoms with Crippen LogP contribution in [0.2, 0.25) is 0 Å². The summed E-state index contributed by atoms with van der Waals surface area (Å²) in [5.74, 6) is 0. The van der Waals surface area contributed by atoms with Crippen LogP contribution in [0, 0.1) is 0 Å². The zero-order chi connectivity index (χ0) is 9.80. The van der Waals surface area contributed by atoms with Crippen LogP contribution in [-0.2, 0) is 0 Å². The molecular formula is C12H18N2. The van der Waals surface area contributed by atoms with Crippen molar-refractivity contribution < 1.29 is 0 Å². The minimum atomic E-state index is 0.692. The van der Waals surface area contributed by atoms with Gasteiger partial charge < -0.3 is 11.1 Å². The molecule has 0 aromatic carbocycles. The molecule has 0 aromatic heterocycles. The number of allylic oxidation sites excluding steroid dienone is 5. The van der Waals surface area contributed by atoms with Gasteiger partial charge in [0.25, 0.3) is 0 Å². The summed E-state index contributed by atoms with van der Waals surface area (Å²) in [6.45, 7) is 1.55. The van der Waals surface area contributed by atoms with E-state index in [1.165, 1.54) is 25.0 Å². The predicted molar refractivity (Wildman–Crippen MR) is 59.8 cm³/mol. The van der Waals surface area contributed by atoms with Crippen LogP contribution < -0.4 is 11.1 Å². The van der Waals surface area contributed by atoms with Crippen molar-refractivity contribution >= 4 is 0 Å². The molecule has 0 fully saturated rings. The summed E-state index contributed by atoms with van der Waals surface area (Å²) in [6, 6.07) is 0. The maximum atomic E-state index is 5.47. The molecule has 76 valence electrons. The van der Waals surface area contributed by atoms with Gasteiger partial charge in [0.2, 0.25) is 0 Å². The molecule has 2 rings (SSSR count). The summed E-state index contributed by atoms with van der Waals surface area (Å²) < 4.78 is 0. The van der Waals surface area contributed by atoms with Gasteiger partial charge in [-0.2, -0.15) is 0 Å². The summed E-state index contributed by atoms with van der Waals surface area (Å²) in [5.41, 5.74) is 9.87. The smallest absolute Gasteiger partial charge is 0.0340 e.